The fraction of sp³-hybridized carbons (Fsp3) is 0.238. The number of nitrogens with one attached hydrogen (secondary N) is 3. The van der Waals surface area contributed by atoms with Crippen LogP contribution in [0.5, 0.6) is 0 Å². The summed E-state index contributed by atoms with van der Waals surface area (Å²) in [7, 11) is -3.75. The van der Waals surface area contributed by atoms with Gasteiger partial charge in [-0.1, -0.05) is 31.2 Å². The van der Waals surface area contributed by atoms with E-state index in [4.69, 9.17) is 0 Å². The molecule has 168 valence electrons. The van der Waals surface area contributed by atoms with Gasteiger partial charge in [-0.2, -0.15) is 5.10 Å². The summed E-state index contributed by atoms with van der Waals surface area (Å²) < 4.78 is 28.2. The molecule has 10 nitrogen and oxygen atoms in total. The molecule has 1 aromatic heterocycles. The molecule has 0 aliphatic carbocycles. The lowest BCUT2D eigenvalue weighted by atomic mass is 10.1. The van der Waals surface area contributed by atoms with E-state index in [1.165, 1.54) is 24.3 Å². The van der Waals surface area contributed by atoms with Crippen molar-refractivity contribution in [2.75, 3.05) is 6.54 Å². The second kappa shape index (κ2) is 9.71. The van der Waals surface area contributed by atoms with Crippen molar-refractivity contribution >= 4 is 32.6 Å². The number of sulfonamides is 1. The predicted molar refractivity (Wildman–Crippen MR) is 119 cm³/mol. The number of benzene rings is 2. The summed E-state index contributed by atoms with van der Waals surface area (Å²) in [6.45, 7) is 4.10. The molecule has 3 rings (SSSR count). The van der Waals surface area contributed by atoms with Crippen molar-refractivity contribution < 1.29 is 18.0 Å². The van der Waals surface area contributed by atoms with Crippen molar-refractivity contribution in [2.24, 2.45) is 0 Å². The summed E-state index contributed by atoms with van der Waals surface area (Å²) in [4.78, 5) is 37.6. The number of fused-ring (bicyclic) bond motifs is 1. The van der Waals surface area contributed by atoms with Gasteiger partial charge in [0.05, 0.1) is 10.3 Å². The highest BCUT2D eigenvalue weighted by molar-refractivity contribution is 7.89. The SMILES string of the molecule is CCCNS(=O)(=O)c1cccc(C(=O)NNC(=O)c2nn(CC)c(=O)c3ccccc23)c1. The molecule has 0 atom stereocenters. The lowest BCUT2D eigenvalue weighted by Gasteiger charge is -2.11. The van der Waals surface area contributed by atoms with Crippen LogP contribution >= 0.6 is 0 Å². The molecular weight excluding hydrogens is 434 g/mol. The maximum Gasteiger partial charge on any atom is 0.290 e. The van der Waals surface area contributed by atoms with Gasteiger partial charge in [-0.15, -0.1) is 0 Å². The molecule has 0 saturated carbocycles. The van der Waals surface area contributed by atoms with Gasteiger partial charge < -0.3 is 0 Å². The Balaban J connectivity index is 1.81. The normalized spacial score (nSPS) is 11.3. The first kappa shape index (κ1) is 23.1. The average Bonchev–Trinajstić information content (AvgIpc) is 2.81. The van der Waals surface area contributed by atoms with Gasteiger partial charge in [-0.25, -0.2) is 17.8 Å². The topological polar surface area (TPSA) is 139 Å². The minimum atomic E-state index is -3.75. The highest BCUT2D eigenvalue weighted by atomic mass is 32.2. The van der Waals surface area contributed by atoms with E-state index in [0.717, 1.165) is 4.68 Å². The zero-order valence-electron chi connectivity index (χ0n) is 17.6. The van der Waals surface area contributed by atoms with Gasteiger partial charge in [-0.3, -0.25) is 25.2 Å². The molecule has 2 amide bonds. The number of aromatic nitrogens is 2. The number of hydrogen-bond acceptors (Lipinski definition) is 6. The Morgan fingerprint density at radius 2 is 1.66 bits per heavy atom. The molecule has 1 heterocycles. The third-order valence-corrected chi connectivity index (χ3v) is 6.08. The summed E-state index contributed by atoms with van der Waals surface area (Å²) in [6, 6.07) is 12.0. The fourth-order valence-corrected chi connectivity index (χ4v) is 4.17. The Labute approximate surface area is 184 Å². The first-order valence-electron chi connectivity index (χ1n) is 9.98. The molecule has 32 heavy (non-hydrogen) atoms. The second-order valence-electron chi connectivity index (χ2n) is 6.85. The predicted octanol–water partition coefficient (Wildman–Crippen LogP) is 1.18. The Morgan fingerprint density at radius 1 is 0.969 bits per heavy atom. The van der Waals surface area contributed by atoms with Gasteiger partial charge in [0.1, 0.15) is 0 Å². The van der Waals surface area contributed by atoms with Crippen LogP contribution in [0, 0.1) is 0 Å². The van der Waals surface area contributed by atoms with Gasteiger partial charge in [0.2, 0.25) is 10.0 Å². The number of rotatable bonds is 7. The van der Waals surface area contributed by atoms with Crippen molar-refractivity contribution in [1.82, 2.24) is 25.4 Å². The van der Waals surface area contributed by atoms with Gasteiger partial charge in [0.15, 0.2) is 5.69 Å². The number of amides is 2. The van der Waals surface area contributed by atoms with Crippen molar-refractivity contribution in [3.05, 3.63) is 70.1 Å². The first-order valence-corrected chi connectivity index (χ1v) is 11.5. The Morgan fingerprint density at radius 3 is 2.34 bits per heavy atom. The van der Waals surface area contributed by atoms with Crippen LogP contribution in [-0.2, 0) is 16.6 Å². The third kappa shape index (κ3) is 4.84. The summed E-state index contributed by atoms with van der Waals surface area (Å²) >= 11 is 0. The molecule has 3 N–H and O–H groups in total. The largest absolute Gasteiger partial charge is 0.290 e. The average molecular weight is 458 g/mol. The van der Waals surface area contributed by atoms with Gasteiger partial charge in [0.25, 0.3) is 17.4 Å². The molecule has 0 radical (unpaired) electrons. The maximum atomic E-state index is 12.7. The van der Waals surface area contributed by atoms with E-state index in [0.29, 0.717) is 17.2 Å². The number of nitrogens with zero attached hydrogens (tertiary/aromatic N) is 2. The molecule has 2 aromatic carbocycles. The van der Waals surface area contributed by atoms with Crippen LogP contribution in [0.25, 0.3) is 10.8 Å². The first-order chi connectivity index (χ1) is 15.3. The third-order valence-electron chi connectivity index (χ3n) is 4.62. The van der Waals surface area contributed by atoms with E-state index in [-0.39, 0.29) is 34.8 Å². The smallest absolute Gasteiger partial charge is 0.267 e. The molecule has 3 aromatic rings. The molecule has 0 aliphatic heterocycles. The van der Waals surface area contributed by atoms with Crippen LogP contribution in [0.1, 0.15) is 41.1 Å². The second-order valence-corrected chi connectivity index (χ2v) is 8.62. The molecule has 11 heteroatoms. The van der Waals surface area contributed by atoms with E-state index in [9.17, 15) is 22.8 Å². The van der Waals surface area contributed by atoms with Crippen molar-refractivity contribution in [3.8, 4) is 0 Å². The molecular formula is C21H23N5O5S. The zero-order valence-corrected chi connectivity index (χ0v) is 18.4. The number of aryl methyl sites for hydroxylation is 1. The standard InChI is InChI=1S/C21H23N5O5S/c1-3-12-22-32(30,31)15-9-7-8-14(13-15)19(27)23-24-20(28)18-16-10-5-6-11-17(16)21(29)26(4-2)25-18/h5-11,13,22H,3-4,12H2,1-2H3,(H,23,27)(H,24,28). The molecule has 0 aliphatic rings. The monoisotopic (exact) mass is 457 g/mol. The highest BCUT2D eigenvalue weighted by Crippen LogP contribution is 2.14. The fourth-order valence-electron chi connectivity index (χ4n) is 2.99. The molecule has 0 saturated heterocycles. The van der Waals surface area contributed by atoms with E-state index >= 15 is 0 Å². The van der Waals surface area contributed by atoms with Crippen LogP contribution in [0.3, 0.4) is 0 Å². The van der Waals surface area contributed by atoms with Crippen LogP contribution < -0.4 is 21.1 Å². The maximum absolute atomic E-state index is 12.7. The minimum absolute atomic E-state index is 0.0255. The van der Waals surface area contributed by atoms with Crippen molar-refractivity contribution in [2.45, 2.75) is 31.7 Å². The quantitative estimate of drug-likeness (QED) is 0.455. The lowest BCUT2D eigenvalue weighted by molar-refractivity contribution is 0.0843. The number of hydrogen-bond donors (Lipinski definition) is 3. The molecule has 0 fully saturated rings. The summed E-state index contributed by atoms with van der Waals surface area (Å²) in [5, 5.41) is 4.78. The minimum Gasteiger partial charge on any atom is -0.267 e. The van der Waals surface area contributed by atoms with Gasteiger partial charge in [0, 0.05) is 24.0 Å². The van der Waals surface area contributed by atoms with E-state index in [1.54, 1.807) is 31.2 Å². The summed E-state index contributed by atoms with van der Waals surface area (Å²) in [5.41, 5.74) is 4.22. The van der Waals surface area contributed by atoms with Crippen molar-refractivity contribution in [3.63, 3.8) is 0 Å². The zero-order chi connectivity index (χ0) is 23.3. The molecule has 0 bridgehead atoms. The highest BCUT2D eigenvalue weighted by Gasteiger charge is 2.19. The Bertz CT molecular complexity index is 1330. The van der Waals surface area contributed by atoms with E-state index in [2.05, 4.69) is 20.7 Å². The molecule has 0 spiro atoms. The van der Waals surface area contributed by atoms with Crippen LogP contribution in [0.15, 0.2) is 58.2 Å². The van der Waals surface area contributed by atoms with Crippen LogP contribution in [-0.4, -0.2) is 36.6 Å². The Kier molecular flexibility index (Phi) is 7.01. The van der Waals surface area contributed by atoms with Gasteiger partial charge in [-0.05, 0) is 37.6 Å². The number of carbonyl (C=O) groups excluding carboxylic acids is 2. The van der Waals surface area contributed by atoms with Crippen molar-refractivity contribution in [1.29, 1.82) is 0 Å². The number of carbonyl (C=O) groups is 2. The van der Waals surface area contributed by atoms with Gasteiger partial charge >= 0.3 is 0 Å². The van der Waals surface area contributed by atoms with E-state index < -0.39 is 21.8 Å². The van der Waals surface area contributed by atoms with Crippen LogP contribution in [0.4, 0.5) is 0 Å². The van der Waals surface area contributed by atoms with Crippen LogP contribution in [0.2, 0.25) is 0 Å². The number of hydrazine groups is 1. The summed E-state index contributed by atoms with van der Waals surface area (Å²) in [5.74, 6) is -1.43. The lowest BCUT2D eigenvalue weighted by Crippen LogP contribution is -2.42. The van der Waals surface area contributed by atoms with E-state index in [1.807, 2.05) is 6.92 Å². The summed E-state index contributed by atoms with van der Waals surface area (Å²) in [6.07, 6.45) is 0.625. The molecule has 0 unspecified atom stereocenters. The Hall–Kier alpha value is -3.57.